The molecule has 1 unspecified atom stereocenters. The Morgan fingerprint density at radius 3 is 1.67 bits per heavy atom. The molecule has 6 rings (SSSR count). The van der Waals surface area contributed by atoms with Gasteiger partial charge in [-0.3, -0.25) is 0 Å². The number of aryl methyl sites for hydroxylation is 2. The van der Waals surface area contributed by atoms with Crippen molar-refractivity contribution in [1.82, 2.24) is 0 Å². The third-order valence-electron chi connectivity index (χ3n) is 11.8. The van der Waals surface area contributed by atoms with Crippen LogP contribution in [0.2, 0.25) is 0 Å². The number of hydrogen-bond acceptors (Lipinski definition) is 0. The highest BCUT2D eigenvalue weighted by Crippen LogP contribution is 2.62. The van der Waals surface area contributed by atoms with Gasteiger partial charge in [0.25, 0.3) is 0 Å². The lowest BCUT2D eigenvalue weighted by Crippen LogP contribution is -2.35. The van der Waals surface area contributed by atoms with Gasteiger partial charge in [-0.2, -0.15) is 0 Å². The maximum atomic E-state index is 2.70. The van der Waals surface area contributed by atoms with Crippen LogP contribution in [0.1, 0.15) is 177 Å². The summed E-state index contributed by atoms with van der Waals surface area (Å²) in [6.45, 7) is 19.2. The van der Waals surface area contributed by atoms with Gasteiger partial charge in [-0.15, -0.1) is 0 Å². The summed E-state index contributed by atoms with van der Waals surface area (Å²) < 4.78 is 0. The highest BCUT2D eigenvalue weighted by atomic mass is 14.5. The number of fused-ring (bicyclic) bond motifs is 1. The van der Waals surface area contributed by atoms with E-state index in [0.717, 1.165) is 0 Å². The van der Waals surface area contributed by atoms with E-state index in [1.54, 1.807) is 66.8 Å². The molecule has 3 aromatic carbocycles. The van der Waals surface area contributed by atoms with Crippen LogP contribution < -0.4 is 0 Å². The van der Waals surface area contributed by atoms with Gasteiger partial charge >= 0.3 is 0 Å². The van der Waals surface area contributed by atoms with E-state index in [-0.39, 0.29) is 16.2 Å². The number of rotatable bonds is 11. The first-order valence-corrected chi connectivity index (χ1v) is 19.0. The second-order valence-corrected chi connectivity index (χ2v) is 17.1. The molecule has 0 aliphatic heterocycles. The fourth-order valence-electron chi connectivity index (χ4n) is 9.73. The molecular formula is C45H62. The van der Waals surface area contributed by atoms with E-state index in [1.807, 2.05) is 0 Å². The van der Waals surface area contributed by atoms with E-state index < -0.39 is 0 Å². The molecule has 0 nitrogen and oxygen atoms in total. The number of benzene rings is 3. The lowest BCUT2D eigenvalue weighted by molar-refractivity contribution is 0.374. The molecule has 0 saturated carbocycles. The Balaban J connectivity index is 1.53. The van der Waals surface area contributed by atoms with Gasteiger partial charge in [0, 0.05) is 5.41 Å². The first-order valence-electron chi connectivity index (χ1n) is 19.0. The van der Waals surface area contributed by atoms with Gasteiger partial charge in [0.05, 0.1) is 0 Å². The van der Waals surface area contributed by atoms with E-state index in [4.69, 9.17) is 0 Å². The largest absolute Gasteiger partial charge is 0.0654 e. The van der Waals surface area contributed by atoms with Crippen LogP contribution in [-0.2, 0) is 41.9 Å². The van der Waals surface area contributed by atoms with E-state index in [1.165, 1.54) is 103 Å². The molecule has 3 aromatic rings. The zero-order valence-electron chi connectivity index (χ0n) is 30.3. The Hall–Kier alpha value is -2.34. The molecule has 0 bridgehead atoms. The third kappa shape index (κ3) is 5.87. The van der Waals surface area contributed by atoms with Crippen LogP contribution in [-0.4, -0.2) is 0 Å². The fourth-order valence-corrected chi connectivity index (χ4v) is 9.73. The van der Waals surface area contributed by atoms with Crippen molar-refractivity contribution in [2.45, 2.75) is 174 Å². The molecule has 0 aromatic heterocycles. The molecule has 0 N–H and O–H groups in total. The van der Waals surface area contributed by atoms with Gasteiger partial charge in [0.15, 0.2) is 0 Å². The summed E-state index contributed by atoms with van der Waals surface area (Å²) in [6.07, 6.45) is 20.8. The van der Waals surface area contributed by atoms with Crippen molar-refractivity contribution in [3.8, 4) is 22.3 Å². The minimum Gasteiger partial charge on any atom is -0.0654 e. The average molecular weight is 603 g/mol. The average Bonchev–Trinajstić information content (AvgIpc) is 3.29. The van der Waals surface area contributed by atoms with Crippen LogP contribution in [0.25, 0.3) is 22.3 Å². The van der Waals surface area contributed by atoms with Gasteiger partial charge in [0.1, 0.15) is 0 Å². The lowest BCUT2D eigenvalue weighted by Gasteiger charge is -2.43. The quantitative estimate of drug-likeness (QED) is 0.192. The van der Waals surface area contributed by atoms with E-state index >= 15 is 0 Å². The summed E-state index contributed by atoms with van der Waals surface area (Å²) in [7, 11) is 0. The topological polar surface area (TPSA) is 0 Å². The summed E-state index contributed by atoms with van der Waals surface area (Å²) in [4.78, 5) is 0. The van der Waals surface area contributed by atoms with Crippen LogP contribution in [0.4, 0.5) is 0 Å². The molecule has 0 heterocycles. The van der Waals surface area contributed by atoms with Gasteiger partial charge < -0.3 is 0 Å². The van der Waals surface area contributed by atoms with Crippen molar-refractivity contribution in [2.24, 2.45) is 0 Å². The van der Waals surface area contributed by atoms with Crippen LogP contribution in [0, 0.1) is 0 Å². The van der Waals surface area contributed by atoms with Gasteiger partial charge in [0.2, 0.25) is 0 Å². The Bertz CT molecular complexity index is 1530. The number of hydrogen-bond donors (Lipinski definition) is 0. The molecule has 0 fully saturated rings. The van der Waals surface area contributed by atoms with E-state index in [2.05, 4.69) is 91.8 Å². The molecule has 0 heteroatoms. The summed E-state index contributed by atoms with van der Waals surface area (Å²) >= 11 is 0. The molecule has 0 saturated heterocycles. The third-order valence-corrected chi connectivity index (χ3v) is 11.8. The summed E-state index contributed by atoms with van der Waals surface area (Å²) in [5, 5.41) is 0. The SMILES string of the molecule is CCCCCCc1cc(C(C)(C)C)c(CCCCCC)cc1-c1ccc2c3c1CCCC31CCCc3c(C(C)(C)C)ccc-2c31. The van der Waals surface area contributed by atoms with Crippen LogP contribution in [0.3, 0.4) is 0 Å². The summed E-state index contributed by atoms with van der Waals surface area (Å²) in [5.41, 5.74) is 20.2. The van der Waals surface area contributed by atoms with Gasteiger partial charge in [-0.1, -0.05) is 130 Å². The van der Waals surface area contributed by atoms with Crippen molar-refractivity contribution in [2.75, 3.05) is 0 Å². The predicted molar refractivity (Wildman–Crippen MR) is 197 cm³/mol. The molecular weight excluding hydrogens is 540 g/mol. The Morgan fingerprint density at radius 1 is 0.533 bits per heavy atom. The lowest BCUT2D eigenvalue weighted by atomic mass is 9.60. The highest BCUT2D eigenvalue weighted by molar-refractivity contribution is 5.89. The molecule has 1 spiro atoms. The second-order valence-electron chi connectivity index (χ2n) is 17.1. The smallest absolute Gasteiger partial charge is 0.0221 e. The van der Waals surface area contributed by atoms with Crippen LogP contribution in [0.5, 0.6) is 0 Å². The normalized spacial score (nSPS) is 18.7. The van der Waals surface area contributed by atoms with Crippen LogP contribution >= 0.6 is 0 Å². The van der Waals surface area contributed by atoms with Crippen molar-refractivity contribution in [1.29, 1.82) is 0 Å². The monoisotopic (exact) mass is 602 g/mol. The fraction of sp³-hybridized carbons (Fsp3) is 0.600. The molecule has 45 heavy (non-hydrogen) atoms. The predicted octanol–water partition coefficient (Wildman–Crippen LogP) is 13.1. The standard InChI is InChI=1S/C45H62/c1-9-11-13-15-19-31-30-40(44(6,7)8)32(20-16-14-12-10-2)29-38(31)33-23-24-35-36-25-26-39(43(3,4)5)37-22-18-28-45(42(36)37)27-17-21-34(33)41(35)45/h23-26,29-30H,9-22,27-28H2,1-8H3. The highest BCUT2D eigenvalue weighted by Gasteiger charge is 2.50. The maximum Gasteiger partial charge on any atom is 0.0221 e. The summed E-state index contributed by atoms with van der Waals surface area (Å²) in [6, 6.07) is 15.5. The Kier molecular flexibility index (Phi) is 9.19. The van der Waals surface area contributed by atoms with Crippen molar-refractivity contribution in [3.05, 3.63) is 80.9 Å². The second kappa shape index (κ2) is 12.7. The minimum atomic E-state index is 0.165. The van der Waals surface area contributed by atoms with Crippen molar-refractivity contribution >= 4 is 0 Å². The first-order chi connectivity index (χ1) is 21.5. The Labute approximate surface area is 276 Å². The maximum absolute atomic E-state index is 2.70. The minimum absolute atomic E-state index is 0.165. The van der Waals surface area contributed by atoms with Crippen LogP contribution in [0.15, 0.2) is 36.4 Å². The van der Waals surface area contributed by atoms with Crippen molar-refractivity contribution in [3.63, 3.8) is 0 Å². The Morgan fingerprint density at radius 2 is 1.07 bits per heavy atom. The molecule has 3 aliphatic rings. The van der Waals surface area contributed by atoms with Crippen molar-refractivity contribution < 1.29 is 0 Å². The first kappa shape index (κ1) is 32.6. The zero-order chi connectivity index (χ0) is 32.0. The van der Waals surface area contributed by atoms with Gasteiger partial charge in [-0.05, 0) is 142 Å². The molecule has 0 amide bonds. The number of unbranched alkanes of at least 4 members (excludes halogenated alkanes) is 6. The molecule has 242 valence electrons. The van der Waals surface area contributed by atoms with E-state index in [0.29, 0.717) is 0 Å². The zero-order valence-corrected chi connectivity index (χ0v) is 30.3. The molecule has 0 radical (unpaired) electrons. The van der Waals surface area contributed by atoms with Gasteiger partial charge in [-0.25, -0.2) is 0 Å². The van der Waals surface area contributed by atoms with E-state index in [9.17, 15) is 0 Å². The summed E-state index contributed by atoms with van der Waals surface area (Å²) in [5.74, 6) is 0. The molecule has 3 aliphatic carbocycles. The molecule has 1 atom stereocenters.